The molecule has 0 saturated heterocycles. The zero-order valence-corrected chi connectivity index (χ0v) is 23.6. The highest BCUT2D eigenvalue weighted by Crippen LogP contribution is 2.48. The van der Waals surface area contributed by atoms with Crippen LogP contribution in [-0.2, 0) is 4.79 Å². The van der Waals surface area contributed by atoms with Gasteiger partial charge in [0.15, 0.2) is 0 Å². The molecule has 0 aromatic rings. The second-order valence-corrected chi connectivity index (χ2v) is 14.6. The Morgan fingerprint density at radius 2 is 0.875 bits per heavy atom. The fourth-order valence-corrected chi connectivity index (χ4v) is 7.56. The van der Waals surface area contributed by atoms with Gasteiger partial charge in [0.2, 0.25) is 0 Å². The van der Waals surface area contributed by atoms with Gasteiger partial charge in [-0.05, 0) is 110 Å². The van der Waals surface area contributed by atoms with Gasteiger partial charge in [-0.1, -0.05) is 69.2 Å². The average Bonchev–Trinajstić information content (AvgIpc) is 2.64. The minimum Gasteiger partial charge on any atom is -0.300 e. The Morgan fingerprint density at radius 3 is 1.12 bits per heavy atom. The van der Waals surface area contributed by atoms with Gasteiger partial charge in [-0.3, -0.25) is 4.79 Å². The molecule has 0 N–H and O–H groups in total. The maximum Gasteiger partial charge on any atom is 0.132 e. The molecule has 0 amide bonds. The predicted molar refractivity (Wildman–Crippen MR) is 141 cm³/mol. The van der Waals surface area contributed by atoms with Crippen LogP contribution < -0.4 is 0 Å². The molecule has 0 aliphatic heterocycles. The van der Waals surface area contributed by atoms with Crippen molar-refractivity contribution in [2.75, 3.05) is 0 Å². The van der Waals surface area contributed by atoms with Gasteiger partial charge >= 0.3 is 0 Å². The van der Waals surface area contributed by atoms with Crippen LogP contribution in [0.3, 0.4) is 0 Å². The number of ketones is 1. The lowest BCUT2D eigenvalue weighted by atomic mass is 9.61. The molecule has 4 unspecified atom stereocenters. The highest BCUT2D eigenvalue weighted by molar-refractivity contribution is 5.78. The van der Waals surface area contributed by atoms with Crippen LogP contribution in [0.15, 0.2) is 0 Å². The third-order valence-electron chi connectivity index (χ3n) is 9.98. The Hall–Kier alpha value is -0.330. The molecule has 4 atom stereocenters. The van der Waals surface area contributed by atoms with E-state index < -0.39 is 0 Å². The first-order chi connectivity index (χ1) is 14.7. The van der Waals surface area contributed by atoms with Crippen LogP contribution in [0.1, 0.15) is 133 Å². The molecule has 1 heteroatoms. The Bertz CT molecular complexity index is 502. The van der Waals surface area contributed by atoms with E-state index in [1.54, 1.807) is 0 Å². The minimum atomic E-state index is 0.435. The van der Waals surface area contributed by atoms with E-state index in [9.17, 15) is 4.79 Å². The van der Waals surface area contributed by atoms with Crippen molar-refractivity contribution >= 4 is 5.78 Å². The third kappa shape index (κ3) is 7.87. The number of Topliss-reactive ketones (excluding diaryl/α,β-unsaturated/α-hetero) is 1. The Kier molecular flexibility index (Phi) is 9.94. The fourth-order valence-electron chi connectivity index (χ4n) is 7.56. The van der Waals surface area contributed by atoms with Crippen molar-refractivity contribution in [3.8, 4) is 0 Å². The number of hydrogen-bond donors (Lipinski definition) is 0. The highest BCUT2D eigenvalue weighted by atomic mass is 16.1. The van der Waals surface area contributed by atoms with Crippen LogP contribution in [0, 0.1) is 58.2 Å². The molecule has 0 bridgehead atoms. The normalized spacial score (nSPS) is 36.8. The first-order valence-electron chi connectivity index (χ1n) is 14.2. The van der Waals surface area contributed by atoms with E-state index in [1.165, 1.54) is 38.5 Å². The molecular formula is C31H58O. The Balaban J connectivity index is 1.68. The van der Waals surface area contributed by atoms with E-state index in [0.29, 0.717) is 16.6 Å². The molecule has 2 fully saturated rings. The molecule has 2 aliphatic carbocycles. The summed E-state index contributed by atoms with van der Waals surface area (Å²) < 4.78 is 0. The van der Waals surface area contributed by atoms with E-state index in [1.807, 2.05) is 0 Å². The summed E-state index contributed by atoms with van der Waals surface area (Å²) in [7, 11) is 0. The minimum absolute atomic E-state index is 0.435. The van der Waals surface area contributed by atoms with Crippen LogP contribution in [0.5, 0.6) is 0 Å². The quantitative estimate of drug-likeness (QED) is 0.362. The van der Waals surface area contributed by atoms with Crippen molar-refractivity contribution < 1.29 is 4.79 Å². The van der Waals surface area contributed by atoms with Crippen molar-refractivity contribution in [2.45, 2.75) is 133 Å². The summed E-state index contributed by atoms with van der Waals surface area (Å²) >= 11 is 0. The zero-order chi connectivity index (χ0) is 24.3. The van der Waals surface area contributed by atoms with Crippen LogP contribution >= 0.6 is 0 Å². The third-order valence-corrected chi connectivity index (χ3v) is 9.98. The van der Waals surface area contributed by atoms with E-state index in [2.05, 4.69) is 69.2 Å². The van der Waals surface area contributed by atoms with Crippen LogP contribution in [0.4, 0.5) is 0 Å². The van der Waals surface area contributed by atoms with Crippen molar-refractivity contribution in [3.05, 3.63) is 0 Å². The van der Waals surface area contributed by atoms with Gasteiger partial charge < -0.3 is 0 Å². The van der Waals surface area contributed by atoms with Gasteiger partial charge in [-0.15, -0.1) is 0 Å². The number of carbonyl (C=O) groups excluding carboxylic acids is 1. The topological polar surface area (TPSA) is 17.1 Å². The zero-order valence-electron chi connectivity index (χ0n) is 23.6. The van der Waals surface area contributed by atoms with Crippen LogP contribution in [0.2, 0.25) is 0 Å². The Morgan fingerprint density at radius 1 is 0.594 bits per heavy atom. The van der Waals surface area contributed by atoms with Crippen molar-refractivity contribution in [1.29, 1.82) is 0 Å². The van der Waals surface area contributed by atoms with Crippen molar-refractivity contribution in [3.63, 3.8) is 0 Å². The summed E-state index contributed by atoms with van der Waals surface area (Å²) in [6.45, 7) is 24.3. The van der Waals surface area contributed by atoms with E-state index >= 15 is 0 Å². The second-order valence-electron chi connectivity index (χ2n) is 14.6. The maximum atomic E-state index is 12.6. The van der Waals surface area contributed by atoms with Crippen LogP contribution in [0.25, 0.3) is 0 Å². The molecule has 32 heavy (non-hydrogen) atoms. The first kappa shape index (κ1) is 27.9. The van der Waals surface area contributed by atoms with Crippen molar-refractivity contribution in [2.24, 2.45) is 58.2 Å². The van der Waals surface area contributed by atoms with Gasteiger partial charge in [0, 0.05) is 12.8 Å². The monoisotopic (exact) mass is 446 g/mol. The maximum absolute atomic E-state index is 12.6. The van der Waals surface area contributed by atoms with E-state index in [-0.39, 0.29) is 0 Å². The molecule has 2 rings (SSSR count). The lowest BCUT2D eigenvalue weighted by Crippen LogP contribution is -2.35. The molecule has 0 spiro atoms. The van der Waals surface area contributed by atoms with Crippen molar-refractivity contribution in [1.82, 2.24) is 0 Å². The number of rotatable bonds is 8. The van der Waals surface area contributed by atoms with Gasteiger partial charge in [0.1, 0.15) is 5.78 Å². The summed E-state index contributed by atoms with van der Waals surface area (Å²) in [5.74, 6) is 7.11. The molecule has 0 radical (unpaired) electrons. The molecule has 0 aromatic heterocycles. The lowest BCUT2D eigenvalue weighted by molar-refractivity contribution is -0.119. The summed E-state index contributed by atoms with van der Waals surface area (Å²) in [5.41, 5.74) is 0.870. The molecule has 2 saturated carbocycles. The molecular weight excluding hydrogens is 388 g/mol. The highest BCUT2D eigenvalue weighted by Gasteiger charge is 2.38. The summed E-state index contributed by atoms with van der Waals surface area (Å²) in [6, 6.07) is 0. The molecule has 1 nitrogen and oxygen atoms in total. The van der Waals surface area contributed by atoms with Gasteiger partial charge in [0.25, 0.3) is 0 Å². The second kappa shape index (κ2) is 11.4. The standard InChI is InChI=1S/C31H58O/c1-21-17-25(30(5,6)7)18-22(2)28(21)15-11-13-27(32)14-12-16-29-23(3)19-26(20-24(29)4)31(8,9)10/h21-26,28-29H,11-20H2,1-10H3. The summed E-state index contributed by atoms with van der Waals surface area (Å²) in [4.78, 5) is 12.6. The average molecular weight is 447 g/mol. The molecule has 0 heterocycles. The first-order valence-corrected chi connectivity index (χ1v) is 14.2. The van der Waals surface area contributed by atoms with Crippen LogP contribution in [-0.4, -0.2) is 5.78 Å². The smallest absolute Gasteiger partial charge is 0.132 e. The van der Waals surface area contributed by atoms with Gasteiger partial charge in [-0.2, -0.15) is 0 Å². The predicted octanol–water partition coefficient (Wildman–Crippen LogP) is 9.59. The fraction of sp³-hybridized carbons (Fsp3) is 0.968. The lowest BCUT2D eigenvalue weighted by Gasteiger charge is -2.44. The molecule has 0 aromatic carbocycles. The van der Waals surface area contributed by atoms with E-state index in [4.69, 9.17) is 0 Å². The molecule has 2 aliphatic rings. The number of hydrogen-bond acceptors (Lipinski definition) is 1. The van der Waals surface area contributed by atoms with E-state index in [0.717, 1.165) is 73.0 Å². The van der Waals surface area contributed by atoms with Gasteiger partial charge in [-0.25, -0.2) is 0 Å². The summed E-state index contributed by atoms with van der Waals surface area (Å²) in [5, 5.41) is 0. The molecule has 188 valence electrons. The number of carbonyl (C=O) groups is 1. The van der Waals surface area contributed by atoms with Gasteiger partial charge in [0.05, 0.1) is 0 Å². The Labute approximate surface area is 202 Å². The largest absolute Gasteiger partial charge is 0.300 e. The summed E-state index contributed by atoms with van der Waals surface area (Å²) in [6.07, 6.45) is 11.9. The SMILES string of the molecule is CC1CC(C(C)(C)C)CC(C)C1CCCC(=O)CCCC1C(C)CC(C(C)(C)C)CC1C.